The van der Waals surface area contributed by atoms with Crippen LogP contribution in [0.4, 0.5) is 4.39 Å². The number of aromatic nitrogens is 2. The number of hydrogen-bond acceptors (Lipinski definition) is 4. The lowest BCUT2D eigenvalue weighted by Crippen LogP contribution is -2.31. The van der Waals surface area contributed by atoms with E-state index >= 15 is 0 Å². The van der Waals surface area contributed by atoms with Crippen molar-refractivity contribution in [2.75, 3.05) is 27.3 Å². The second kappa shape index (κ2) is 8.19. The Kier molecular flexibility index (Phi) is 5.48. The number of methoxy groups -OCH3 is 2. The van der Waals surface area contributed by atoms with E-state index in [1.807, 2.05) is 12.3 Å². The molecule has 5 nitrogen and oxygen atoms in total. The average molecular weight is 383 g/mol. The summed E-state index contributed by atoms with van der Waals surface area (Å²) in [6, 6.07) is 9.33. The second-order valence-electron chi connectivity index (χ2n) is 7.26. The van der Waals surface area contributed by atoms with E-state index in [-0.39, 0.29) is 0 Å². The Morgan fingerprint density at radius 2 is 1.75 bits per heavy atom. The fourth-order valence-corrected chi connectivity index (χ4v) is 3.99. The molecular formula is C22H26FN3O2. The molecule has 1 aliphatic heterocycles. The van der Waals surface area contributed by atoms with Gasteiger partial charge in [0.15, 0.2) is 11.5 Å². The Labute approximate surface area is 164 Å². The molecule has 1 aromatic carbocycles. The number of aryl methyl sites for hydroxylation is 1. The number of ether oxygens (including phenoxy) is 2. The molecule has 6 heteroatoms. The van der Waals surface area contributed by atoms with E-state index in [0.717, 1.165) is 68.0 Å². The molecule has 0 fully saturated rings. The molecule has 2 aromatic heterocycles. The second-order valence-corrected chi connectivity index (χ2v) is 7.26. The van der Waals surface area contributed by atoms with E-state index in [2.05, 4.69) is 26.6 Å². The molecule has 0 amide bonds. The van der Waals surface area contributed by atoms with Gasteiger partial charge in [0, 0.05) is 25.8 Å². The predicted molar refractivity (Wildman–Crippen MR) is 107 cm³/mol. The van der Waals surface area contributed by atoms with Gasteiger partial charge in [-0.1, -0.05) is 0 Å². The van der Waals surface area contributed by atoms with E-state index in [4.69, 9.17) is 9.47 Å². The highest BCUT2D eigenvalue weighted by Gasteiger charge is 2.19. The number of fused-ring (bicyclic) bond motifs is 2. The normalized spacial score (nSPS) is 14.2. The molecule has 1 aliphatic rings. The third-order valence-corrected chi connectivity index (χ3v) is 5.51. The lowest BCUT2D eigenvalue weighted by atomic mass is 9.98. The minimum absolute atomic E-state index is 0.426. The number of pyridine rings is 1. The van der Waals surface area contributed by atoms with Crippen molar-refractivity contribution >= 4 is 11.0 Å². The number of nitrogens with zero attached hydrogens (tertiary/aromatic N) is 3. The highest BCUT2D eigenvalue weighted by atomic mass is 19.1. The van der Waals surface area contributed by atoms with Gasteiger partial charge in [-0.05, 0) is 67.3 Å². The third kappa shape index (κ3) is 3.83. The summed E-state index contributed by atoms with van der Waals surface area (Å²) < 4.78 is 26.2. The molecule has 0 unspecified atom stereocenters. The maximum Gasteiger partial charge on any atom is 0.213 e. The van der Waals surface area contributed by atoms with Gasteiger partial charge >= 0.3 is 0 Å². The minimum atomic E-state index is -0.426. The molecule has 0 N–H and O–H groups in total. The molecule has 0 atom stereocenters. The molecule has 0 spiro atoms. The number of halogens is 1. The van der Waals surface area contributed by atoms with Crippen LogP contribution in [0, 0.1) is 5.95 Å². The molecule has 3 heterocycles. The summed E-state index contributed by atoms with van der Waals surface area (Å²) in [5, 5.41) is 0. The van der Waals surface area contributed by atoms with Gasteiger partial charge in [0.05, 0.1) is 25.3 Å². The van der Waals surface area contributed by atoms with Gasteiger partial charge in [0.1, 0.15) is 0 Å². The van der Waals surface area contributed by atoms with Gasteiger partial charge in [-0.2, -0.15) is 4.39 Å². The summed E-state index contributed by atoms with van der Waals surface area (Å²) in [7, 11) is 3.36. The summed E-state index contributed by atoms with van der Waals surface area (Å²) in [4.78, 5) is 6.43. The predicted octanol–water partition coefficient (Wildman–Crippen LogP) is 4.03. The molecule has 0 bridgehead atoms. The topological polar surface area (TPSA) is 39.5 Å². The summed E-state index contributed by atoms with van der Waals surface area (Å²) in [5.41, 5.74) is 4.40. The first-order valence-corrected chi connectivity index (χ1v) is 9.75. The quantitative estimate of drug-likeness (QED) is 0.456. The largest absolute Gasteiger partial charge is 0.493 e. The molecule has 0 saturated heterocycles. The Morgan fingerprint density at radius 1 is 1.00 bits per heavy atom. The summed E-state index contributed by atoms with van der Waals surface area (Å²) in [5.74, 6) is 1.18. The van der Waals surface area contributed by atoms with Crippen LogP contribution in [0.2, 0.25) is 0 Å². The molecule has 0 aliphatic carbocycles. The van der Waals surface area contributed by atoms with E-state index in [1.165, 1.54) is 17.2 Å². The van der Waals surface area contributed by atoms with Crippen LogP contribution < -0.4 is 9.47 Å². The van der Waals surface area contributed by atoms with Gasteiger partial charge in [0.2, 0.25) is 5.95 Å². The lowest BCUT2D eigenvalue weighted by Gasteiger charge is -2.29. The zero-order valence-corrected chi connectivity index (χ0v) is 16.4. The molecule has 28 heavy (non-hydrogen) atoms. The molecule has 148 valence electrons. The fourth-order valence-electron chi connectivity index (χ4n) is 3.99. The Hall–Kier alpha value is -2.60. The molecule has 0 radical (unpaired) electrons. The Morgan fingerprint density at radius 3 is 2.54 bits per heavy atom. The maximum absolute atomic E-state index is 13.2. The van der Waals surface area contributed by atoms with Crippen LogP contribution in [0.5, 0.6) is 11.5 Å². The van der Waals surface area contributed by atoms with Crippen molar-refractivity contribution in [3.8, 4) is 11.5 Å². The van der Waals surface area contributed by atoms with Gasteiger partial charge in [-0.3, -0.25) is 4.90 Å². The van der Waals surface area contributed by atoms with Gasteiger partial charge in [-0.15, -0.1) is 0 Å². The number of hydrogen-bond donors (Lipinski definition) is 0. The van der Waals surface area contributed by atoms with Crippen molar-refractivity contribution in [2.45, 2.75) is 32.4 Å². The van der Waals surface area contributed by atoms with Crippen LogP contribution in [0.15, 0.2) is 36.5 Å². The molecule has 3 aromatic rings. The zero-order valence-electron chi connectivity index (χ0n) is 16.4. The highest BCUT2D eigenvalue weighted by Crippen LogP contribution is 2.33. The minimum Gasteiger partial charge on any atom is -0.493 e. The van der Waals surface area contributed by atoms with Crippen molar-refractivity contribution < 1.29 is 13.9 Å². The number of unbranched alkanes of at least 4 members (excludes halogenated alkanes) is 1. The van der Waals surface area contributed by atoms with Crippen LogP contribution in [0.3, 0.4) is 0 Å². The van der Waals surface area contributed by atoms with E-state index in [0.29, 0.717) is 0 Å². The zero-order chi connectivity index (χ0) is 19.5. The summed E-state index contributed by atoms with van der Waals surface area (Å²) in [6.45, 7) is 4.01. The first-order chi connectivity index (χ1) is 13.7. The smallest absolute Gasteiger partial charge is 0.213 e. The Balaban J connectivity index is 1.31. The van der Waals surface area contributed by atoms with Gasteiger partial charge in [0.25, 0.3) is 0 Å². The van der Waals surface area contributed by atoms with Crippen LogP contribution in [-0.2, 0) is 19.5 Å². The standard InChI is InChI=1S/C22H26FN3O2/c1-27-20-13-16-7-11-25(15-17(16)14-21(20)28-2)9-3-4-10-26-12-8-18-19(26)5-6-22(23)24-18/h5-6,8,12-14H,3-4,7,9-11,15H2,1-2H3. The SMILES string of the molecule is COc1cc2c(cc1OC)CN(CCCCn1ccc3nc(F)ccc31)CC2. The van der Waals surface area contributed by atoms with Gasteiger partial charge in [-0.25, -0.2) is 4.98 Å². The van der Waals surface area contributed by atoms with E-state index in [9.17, 15) is 4.39 Å². The van der Waals surface area contributed by atoms with Crippen LogP contribution >= 0.6 is 0 Å². The van der Waals surface area contributed by atoms with Crippen molar-refractivity contribution in [3.63, 3.8) is 0 Å². The lowest BCUT2D eigenvalue weighted by molar-refractivity contribution is 0.246. The summed E-state index contributed by atoms with van der Waals surface area (Å²) >= 11 is 0. The Bertz CT molecular complexity index is 970. The van der Waals surface area contributed by atoms with E-state index < -0.39 is 5.95 Å². The van der Waals surface area contributed by atoms with Crippen molar-refractivity contribution in [1.29, 1.82) is 0 Å². The fraction of sp³-hybridized carbons (Fsp3) is 0.409. The van der Waals surface area contributed by atoms with Crippen LogP contribution in [0.25, 0.3) is 11.0 Å². The first-order valence-electron chi connectivity index (χ1n) is 9.75. The van der Waals surface area contributed by atoms with E-state index in [1.54, 1.807) is 20.3 Å². The molecule has 4 rings (SSSR count). The van der Waals surface area contributed by atoms with Crippen LogP contribution in [0.1, 0.15) is 24.0 Å². The number of benzene rings is 1. The average Bonchev–Trinajstić information content (AvgIpc) is 3.11. The monoisotopic (exact) mass is 383 g/mol. The number of rotatable bonds is 7. The molecular weight excluding hydrogens is 357 g/mol. The van der Waals surface area contributed by atoms with Crippen molar-refractivity contribution in [3.05, 3.63) is 53.6 Å². The van der Waals surface area contributed by atoms with Crippen molar-refractivity contribution in [1.82, 2.24) is 14.5 Å². The maximum atomic E-state index is 13.2. The summed E-state index contributed by atoms with van der Waals surface area (Å²) in [6.07, 6.45) is 5.23. The van der Waals surface area contributed by atoms with Gasteiger partial charge < -0.3 is 14.0 Å². The first kappa shape index (κ1) is 18.7. The molecule has 0 saturated carbocycles. The third-order valence-electron chi connectivity index (χ3n) is 5.51. The van der Waals surface area contributed by atoms with Crippen LogP contribution in [-0.4, -0.2) is 41.8 Å². The highest BCUT2D eigenvalue weighted by molar-refractivity contribution is 5.75. The van der Waals surface area contributed by atoms with Crippen molar-refractivity contribution in [2.24, 2.45) is 0 Å².